The van der Waals surface area contributed by atoms with Gasteiger partial charge in [-0.3, -0.25) is 10.1 Å². The maximum Gasteiger partial charge on any atom is 0.292 e. The normalized spacial score (nSPS) is 27.0. The number of anilines is 1. The molecule has 0 heterocycles. The van der Waals surface area contributed by atoms with Gasteiger partial charge in [0, 0.05) is 16.6 Å². The van der Waals surface area contributed by atoms with Gasteiger partial charge < -0.3 is 5.32 Å². The monoisotopic (exact) mass is 326 g/mol. The summed E-state index contributed by atoms with van der Waals surface area (Å²) in [6.45, 7) is 4.49. The Morgan fingerprint density at radius 3 is 2.74 bits per heavy atom. The van der Waals surface area contributed by atoms with Gasteiger partial charge in [-0.15, -0.1) is 0 Å². The van der Waals surface area contributed by atoms with E-state index in [0.29, 0.717) is 17.6 Å². The predicted octanol–water partition coefficient (Wildman–Crippen LogP) is 4.59. The summed E-state index contributed by atoms with van der Waals surface area (Å²) < 4.78 is 0.859. The first kappa shape index (κ1) is 14.3. The molecule has 0 saturated heterocycles. The molecular formula is C14H19BrN2O2. The summed E-state index contributed by atoms with van der Waals surface area (Å²) in [4.78, 5) is 10.7. The second kappa shape index (κ2) is 5.90. The molecule has 3 unspecified atom stereocenters. The number of benzene rings is 1. The first-order valence-corrected chi connectivity index (χ1v) is 7.47. The van der Waals surface area contributed by atoms with Gasteiger partial charge in [0.05, 0.1) is 4.92 Å². The van der Waals surface area contributed by atoms with Gasteiger partial charge in [-0.1, -0.05) is 29.8 Å². The molecule has 0 aromatic heterocycles. The van der Waals surface area contributed by atoms with E-state index in [1.807, 2.05) is 0 Å². The number of nitro groups is 1. The van der Waals surface area contributed by atoms with Crippen molar-refractivity contribution in [1.82, 2.24) is 0 Å². The van der Waals surface area contributed by atoms with Gasteiger partial charge in [0.2, 0.25) is 0 Å². The Kier molecular flexibility index (Phi) is 4.45. The molecule has 0 amide bonds. The highest BCUT2D eigenvalue weighted by Crippen LogP contribution is 2.34. The van der Waals surface area contributed by atoms with Gasteiger partial charge in [-0.05, 0) is 43.2 Å². The Hall–Kier alpha value is -1.10. The summed E-state index contributed by atoms with van der Waals surface area (Å²) in [5.41, 5.74) is 0.764. The van der Waals surface area contributed by atoms with Crippen molar-refractivity contribution in [3.63, 3.8) is 0 Å². The zero-order valence-electron chi connectivity index (χ0n) is 11.2. The second-order valence-electron chi connectivity index (χ2n) is 5.56. The van der Waals surface area contributed by atoms with Crippen LogP contribution < -0.4 is 5.32 Å². The SMILES string of the molecule is CC1CCC(Nc2cc(Br)ccc2[N+](=O)[O-])C(C)C1. The number of nitrogens with zero attached hydrogens (tertiary/aromatic N) is 1. The van der Waals surface area contributed by atoms with E-state index in [1.165, 1.54) is 12.8 Å². The highest BCUT2D eigenvalue weighted by atomic mass is 79.9. The lowest BCUT2D eigenvalue weighted by Gasteiger charge is -2.33. The summed E-state index contributed by atoms with van der Waals surface area (Å²) in [5, 5.41) is 14.4. The minimum atomic E-state index is -0.328. The lowest BCUT2D eigenvalue weighted by atomic mass is 9.80. The largest absolute Gasteiger partial charge is 0.376 e. The Morgan fingerprint density at radius 2 is 2.11 bits per heavy atom. The van der Waals surface area contributed by atoms with Crippen LogP contribution in [0.25, 0.3) is 0 Å². The molecule has 0 aliphatic heterocycles. The number of nitro benzene ring substituents is 1. The standard InChI is InChI=1S/C14H19BrN2O2/c1-9-3-5-12(10(2)7-9)16-13-8-11(15)4-6-14(13)17(18)19/h4,6,8-10,12,16H,3,5,7H2,1-2H3. The summed E-state index contributed by atoms with van der Waals surface area (Å²) in [6.07, 6.45) is 3.44. The number of hydrogen-bond donors (Lipinski definition) is 1. The molecular weight excluding hydrogens is 308 g/mol. The van der Waals surface area contributed by atoms with Crippen molar-refractivity contribution < 1.29 is 4.92 Å². The fraction of sp³-hybridized carbons (Fsp3) is 0.571. The van der Waals surface area contributed by atoms with Crippen LogP contribution in [0.1, 0.15) is 33.1 Å². The highest BCUT2D eigenvalue weighted by molar-refractivity contribution is 9.10. The Balaban J connectivity index is 2.18. The van der Waals surface area contributed by atoms with Gasteiger partial charge >= 0.3 is 0 Å². The molecule has 1 fully saturated rings. The van der Waals surface area contributed by atoms with Crippen LogP contribution in [0.5, 0.6) is 0 Å². The molecule has 0 spiro atoms. The van der Waals surface area contributed by atoms with Crippen LogP contribution in [0.3, 0.4) is 0 Å². The van der Waals surface area contributed by atoms with Crippen LogP contribution in [0, 0.1) is 22.0 Å². The molecule has 1 N–H and O–H groups in total. The van der Waals surface area contributed by atoms with E-state index in [9.17, 15) is 10.1 Å². The molecule has 104 valence electrons. The number of halogens is 1. The van der Waals surface area contributed by atoms with Crippen molar-refractivity contribution in [2.75, 3.05) is 5.32 Å². The molecule has 4 nitrogen and oxygen atoms in total. The summed E-state index contributed by atoms with van der Waals surface area (Å²) in [6, 6.07) is 5.37. The quantitative estimate of drug-likeness (QED) is 0.652. The van der Waals surface area contributed by atoms with E-state index < -0.39 is 0 Å². The van der Waals surface area contributed by atoms with Crippen molar-refractivity contribution in [2.45, 2.75) is 39.2 Å². The van der Waals surface area contributed by atoms with Crippen LogP contribution in [0.15, 0.2) is 22.7 Å². The van der Waals surface area contributed by atoms with E-state index in [0.717, 1.165) is 16.8 Å². The van der Waals surface area contributed by atoms with Crippen LogP contribution in [-0.4, -0.2) is 11.0 Å². The van der Waals surface area contributed by atoms with Crippen molar-refractivity contribution in [3.8, 4) is 0 Å². The molecule has 2 rings (SSSR count). The number of hydrogen-bond acceptors (Lipinski definition) is 3. The molecule has 1 aromatic carbocycles. The minimum Gasteiger partial charge on any atom is -0.376 e. The predicted molar refractivity (Wildman–Crippen MR) is 80.4 cm³/mol. The molecule has 19 heavy (non-hydrogen) atoms. The second-order valence-corrected chi connectivity index (χ2v) is 6.48. The van der Waals surface area contributed by atoms with Crippen LogP contribution >= 0.6 is 15.9 Å². The molecule has 1 aromatic rings. The van der Waals surface area contributed by atoms with Gasteiger partial charge in [0.15, 0.2) is 0 Å². The Labute approximate surface area is 121 Å². The topological polar surface area (TPSA) is 55.2 Å². The van der Waals surface area contributed by atoms with Crippen LogP contribution in [-0.2, 0) is 0 Å². The zero-order chi connectivity index (χ0) is 14.0. The third kappa shape index (κ3) is 3.47. The lowest BCUT2D eigenvalue weighted by Crippen LogP contribution is -2.33. The van der Waals surface area contributed by atoms with E-state index in [1.54, 1.807) is 18.2 Å². The molecule has 0 radical (unpaired) electrons. The molecule has 0 bridgehead atoms. The van der Waals surface area contributed by atoms with Crippen molar-refractivity contribution in [3.05, 3.63) is 32.8 Å². The van der Waals surface area contributed by atoms with Gasteiger partial charge in [-0.2, -0.15) is 0 Å². The van der Waals surface area contributed by atoms with Crippen LogP contribution in [0.4, 0.5) is 11.4 Å². The third-order valence-corrected chi connectivity index (χ3v) is 4.42. The van der Waals surface area contributed by atoms with Crippen molar-refractivity contribution in [1.29, 1.82) is 0 Å². The fourth-order valence-electron chi connectivity index (χ4n) is 2.86. The average molecular weight is 327 g/mol. The van der Waals surface area contributed by atoms with E-state index >= 15 is 0 Å². The van der Waals surface area contributed by atoms with Gasteiger partial charge in [0.1, 0.15) is 5.69 Å². The van der Waals surface area contributed by atoms with Crippen LogP contribution in [0.2, 0.25) is 0 Å². The van der Waals surface area contributed by atoms with E-state index in [4.69, 9.17) is 0 Å². The highest BCUT2D eigenvalue weighted by Gasteiger charge is 2.27. The summed E-state index contributed by atoms with van der Waals surface area (Å²) >= 11 is 3.37. The maximum absolute atomic E-state index is 11.1. The summed E-state index contributed by atoms with van der Waals surface area (Å²) in [7, 11) is 0. The molecule has 3 atom stereocenters. The Morgan fingerprint density at radius 1 is 1.37 bits per heavy atom. The molecule has 1 saturated carbocycles. The molecule has 1 aliphatic rings. The summed E-state index contributed by atoms with van der Waals surface area (Å²) in [5.74, 6) is 1.30. The lowest BCUT2D eigenvalue weighted by molar-refractivity contribution is -0.384. The third-order valence-electron chi connectivity index (χ3n) is 3.93. The minimum absolute atomic E-state index is 0.147. The van der Waals surface area contributed by atoms with Crippen molar-refractivity contribution in [2.24, 2.45) is 11.8 Å². The first-order valence-electron chi connectivity index (χ1n) is 6.68. The zero-order valence-corrected chi connectivity index (χ0v) is 12.8. The van der Waals surface area contributed by atoms with Gasteiger partial charge in [-0.25, -0.2) is 0 Å². The molecule has 5 heteroatoms. The number of rotatable bonds is 3. The number of nitrogens with one attached hydrogen (secondary N) is 1. The van der Waals surface area contributed by atoms with Gasteiger partial charge in [0.25, 0.3) is 5.69 Å². The average Bonchev–Trinajstić information content (AvgIpc) is 2.32. The van der Waals surface area contributed by atoms with E-state index in [-0.39, 0.29) is 10.6 Å². The Bertz CT molecular complexity index is 479. The van der Waals surface area contributed by atoms with Crippen molar-refractivity contribution >= 4 is 27.3 Å². The smallest absolute Gasteiger partial charge is 0.292 e. The fourth-order valence-corrected chi connectivity index (χ4v) is 3.22. The maximum atomic E-state index is 11.1. The first-order chi connectivity index (χ1) is 8.97. The molecule has 1 aliphatic carbocycles. The van der Waals surface area contributed by atoms with E-state index in [2.05, 4.69) is 35.1 Å².